The summed E-state index contributed by atoms with van der Waals surface area (Å²) in [6.07, 6.45) is 14.2. The number of benzene rings is 5. The Morgan fingerprint density at radius 1 is 0.778 bits per heavy atom. The fraction of sp³-hybridized carbons (Fsp3) is 0.393. The van der Waals surface area contributed by atoms with E-state index in [4.69, 9.17) is 23.7 Å². The Hall–Kier alpha value is -5.18. The molecule has 5 aromatic rings. The molecule has 7 nitrogen and oxygen atoms in total. The van der Waals surface area contributed by atoms with Gasteiger partial charge in [0.1, 0.15) is 23.7 Å². The van der Waals surface area contributed by atoms with Crippen molar-refractivity contribution in [2.45, 2.75) is 89.4 Å². The highest BCUT2D eigenvalue weighted by molar-refractivity contribution is 6.11. The number of ether oxygens (including phenoxy) is 5. The Balaban J connectivity index is 1.23. The van der Waals surface area contributed by atoms with E-state index in [0.717, 1.165) is 66.8 Å². The van der Waals surface area contributed by atoms with E-state index in [2.05, 4.69) is 134 Å². The van der Waals surface area contributed by atoms with Crippen molar-refractivity contribution in [3.05, 3.63) is 149 Å². The lowest BCUT2D eigenvalue weighted by molar-refractivity contribution is -0.105. The van der Waals surface area contributed by atoms with Crippen LogP contribution in [0.1, 0.15) is 94.4 Å². The minimum Gasteiger partial charge on any atom is -0.496 e. The van der Waals surface area contributed by atoms with E-state index in [1.807, 2.05) is 0 Å². The number of allylic oxidation sites excluding steroid dienone is 2. The van der Waals surface area contributed by atoms with Gasteiger partial charge in [0.2, 0.25) is 0 Å². The van der Waals surface area contributed by atoms with E-state index in [-0.39, 0.29) is 5.41 Å². The molecule has 2 aliphatic carbocycles. The highest BCUT2D eigenvalue weighted by Gasteiger charge is 2.48. The first-order valence-electron chi connectivity index (χ1n) is 23.4. The molecule has 0 aromatic heterocycles. The molecule has 0 amide bonds. The number of anilines is 1. The summed E-state index contributed by atoms with van der Waals surface area (Å²) in [5.41, 5.74) is 12.8. The van der Waals surface area contributed by atoms with Crippen molar-refractivity contribution in [3.63, 3.8) is 0 Å². The second-order valence-corrected chi connectivity index (χ2v) is 17.6. The molecule has 2 heterocycles. The summed E-state index contributed by atoms with van der Waals surface area (Å²) in [6, 6.07) is 35.8. The predicted octanol–water partition coefficient (Wildman–Crippen LogP) is 12.3. The van der Waals surface area contributed by atoms with Gasteiger partial charge in [0.05, 0.1) is 33.5 Å². The molecule has 4 aliphatic rings. The summed E-state index contributed by atoms with van der Waals surface area (Å²) in [5.74, 6) is 1.80. The van der Waals surface area contributed by atoms with Crippen molar-refractivity contribution in [3.8, 4) is 28.0 Å². The number of hydrogen-bond donors (Lipinski definition) is 1. The minimum atomic E-state index is -0.824. The summed E-state index contributed by atoms with van der Waals surface area (Å²) in [6.45, 7) is 10.4. The molecule has 0 saturated carbocycles. The number of piperidine rings is 1. The first-order chi connectivity index (χ1) is 30.9. The van der Waals surface area contributed by atoms with Gasteiger partial charge in [-0.05, 0) is 131 Å². The molecule has 328 valence electrons. The van der Waals surface area contributed by atoms with E-state index in [0.29, 0.717) is 39.5 Å². The Labute approximate surface area is 374 Å². The highest BCUT2D eigenvalue weighted by atomic mass is 16.6. The summed E-state index contributed by atoms with van der Waals surface area (Å²) >= 11 is 0. The number of aliphatic hydroxyl groups excluding tert-OH is 1. The maximum absolute atomic E-state index is 9.53. The van der Waals surface area contributed by atoms with Gasteiger partial charge in [0, 0.05) is 47.1 Å². The van der Waals surface area contributed by atoms with Gasteiger partial charge in [0.25, 0.3) is 0 Å². The molecule has 0 bridgehead atoms. The average molecular weight is 846 g/mol. The molecule has 7 heteroatoms. The SMILES string of the molecule is CCCC1(CCC)c2cc(-c3ccccc3)ccc2-c2c1c1c(c3ccc(N4CCCCC4)cc23)OCC=C1C1=C(OC)C=CC(OCCOCCOC(C)O)(c2ccccc2)C1. The van der Waals surface area contributed by atoms with Gasteiger partial charge in [0.15, 0.2) is 6.29 Å². The van der Waals surface area contributed by atoms with Gasteiger partial charge in [-0.25, -0.2) is 0 Å². The normalized spacial score (nSPS) is 19.3. The van der Waals surface area contributed by atoms with Crippen LogP contribution >= 0.6 is 0 Å². The predicted molar refractivity (Wildman–Crippen MR) is 255 cm³/mol. The van der Waals surface area contributed by atoms with Crippen LogP contribution in [0.5, 0.6) is 5.75 Å². The summed E-state index contributed by atoms with van der Waals surface area (Å²) in [7, 11) is 1.78. The van der Waals surface area contributed by atoms with Crippen molar-refractivity contribution in [2.24, 2.45) is 0 Å². The molecule has 1 fully saturated rings. The maximum Gasteiger partial charge on any atom is 0.151 e. The first kappa shape index (κ1) is 43.1. The Morgan fingerprint density at radius 3 is 2.25 bits per heavy atom. The lowest BCUT2D eigenvalue weighted by atomic mass is 9.67. The van der Waals surface area contributed by atoms with Crippen LogP contribution in [0.4, 0.5) is 5.69 Å². The number of rotatable bonds is 17. The number of fused-ring (bicyclic) bond motifs is 8. The summed E-state index contributed by atoms with van der Waals surface area (Å²) < 4.78 is 31.5. The van der Waals surface area contributed by atoms with Crippen molar-refractivity contribution in [2.75, 3.05) is 58.1 Å². The van der Waals surface area contributed by atoms with Crippen LogP contribution in [0.2, 0.25) is 0 Å². The van der Waals surface area contributed by atoms with Crippen LogP contribution in [-0.2, 0) is 30.0 Å². The first-order valence-corrected chi connectivity index (χ1v) is 23.4. The molecule has 1 saturated heterocycles. The number of nitrogens with zero attached hydrogens (tertiary/aromatic N) is 1. The Bertz CT molecular complexity index is 2490. The van der Waals surface area contributed by atoms with Crippen LogP contribution in [0.3, 0.4) is 0 Å². The monoisotopic (exact) mass is 845 g/mol. The van der Waals surface area contributed by atoms with Gasteiger partial charge < -0.3 is 33.7 Å². The van der Waals surface area contributed by atoms with Crippen molar-refractivity contribution in [1.29, 1.82) is 0 Å². The van der Waals surface area contributed by atoms with E-state index in [1.165, 1.54) is 74.9 Å². The van der Waals surface area contributed by atoms with E-state index >= 15 is 0 Å². The number of methoxy groups -OCH3 is 1. The molecule has 5 aromatic carbocycles. The molecule has 0 radical (unpaired) electrons. The van der Waals surface area contributed by atoms with Crippen LogP contribution < -0.4 is 9.64 Å². The van der Waals surface area contributed by atoms with Crippen LogP contribution in [0.15, 0.2) is 127 Å². The fourth-order valence-electron chi connectivity index (χ4n) is 11.0. The largest absolute Gasteiger partial charge is 0.496 e. The van der Waals surface area contributed by atoms with Crippen LogP contribution in [-0.4, -0.2) is 64.6 Å². The van der Waals surface area contributed by atoms with Crippen molar-refractivity contribution >= 4 is 22.0 Å². The molecule has 2 aliphatic heterocycles. The maximum atomic E-state index is 9.53. The van der Waals surface area contributed by atoms with Gasteiger partial charge in [-0.3, -0.25) is 0 Å². The third-order valence-corrected chi connectivity index (χ3v) is 13.7. The molecule has 1 N–H and O–H groups in total. The van der Waals surface area contributed by atoms with Crippen molar-refractivity contribution in [1.82, 2.24) is 0 Å². The highest BCUT2D eigenvalue weighted by Crippen LogP contribution is 2.62. The number of aliphatic hydroxyl groups is 1. The van der Waals surface area contributed by atoms with Gasteiger partial charge in [-0.15, -0.1) is 0 Å². The number of hydrogen-bond acceptors (Lipinski definition) is 7. The van der Waals surface area contributed by atoms with E-state index in [1.54, 1.807) is 14.0 Å². The van der Waals surface area contributed by atoms with Crippen LogP contribution in [0, 0.1) is 0 Å². The molecular weight excluding hydrogens is 783 g/mol. The zero-order chi connectivity index (χ0) is 43.4. The Morgan fingerprint density at radius 2 is 1.52 bits per heavy atom. The second kappa shape index (κ2) is 18.9. The lowest BCUT2D eigenvalue weighted by Crippen LogP contribution is -2.33. The topological polar surface area (TPSA) is 69.6 Å². The third kappa shape index (κ3) is 8.14. The average Bonchev–Trinajstić information content (AvgIpc) is 3.60. The second-order valence-electron chi connectivity index (χ2n) is 17.6. The fourth-order valence-corrected chi connectivity index (χ4v) is 11.0. The van der Waals surface area contributed by atoms with E-state index < -0.39 is 11.9 Å². The quantitative estimate of drug-likeness (QED) is 0.0738. The molecule has 0 spiro atoms. The minimum absolute atomic E-state index is 0.252. The van der Waals surface area contributed by atoms with Gasteiger partial charge >= 0.3 is 0 Å². The Kier molecular flexibility index (Phi) is 12.9. The molecule has 63 heavy (non-hydrogen) atoms. The molecular formula is C56H63NO6. The third-order valence-electron chi connectivity index (χ3n) is 13.7. The van der Waals surface area contributed by atoms with Crippen LogP contribution in [0.25, 0.3) is 38.6 Å². The standard InChI is InChI=1S/C56H63NO6/c1-5-26-55(27-6-2)49-36-41(40-16-10-7-11-17-40)20-22-46(49)51-47-37-43(57-29-14-9-15-30-57)21-23-45(47)54-52(53(51)55)44(25-31-62-54)48-38-56(28-24-50(48)59-4,42-18-12-8-13-19-42)63-35-33-60-32-34-61-39(3)58/h7-8,10-13,16-25,28,36-37,39,58H,5-6,9,14-15,26-27,29-35,38H2,1-4H3. The zero-order valence-corrected chi connectivity index (χ0v) is 37.6. The van der Waals surface area contributed by atoms with E-state index in [9.17, 15) is 5.11 Å². The summed E-state index contributed by atoms with van der Waals surface area (Å²) in [4.78, 5) is 2.59. The smallest absolute Gasteiger partial charge is 0.151 e. The molecule has 2 unspecified atom stereocenters. The summed E-state index contributed by atoms with van der Waals surface area (Å²) in [5, 5.41) is 12.0. The molecule has 9 rings (SSSR count). The van der Waals surface area contributed by atoms with Crippen molar-refractivity contribution < 1.29 is 28.8 Å². The lowest BCUT2D eigenvalue weighted by Gasteiger charge is -2.39. The van der Waals surface area contributed by atoms with Gasteiger partial charge in [-0.2, -0.15) is 0 Å². The zero-order valence-electron chi connectivity index (χ0n) is 37.6. The molecule has 2 atom stereocenters. The van der Waals surface area contributed by atoms with Gasteiger partial charge in [-0.1, -0.05) is 99.5 Å².